The number of carbonyl (C=O) groups excluding carboxylic acids is 3. The van der Waals surface area contributed by atoms with Crippen LogP contribution in [0.5, 0.6) is 0 Å². The Hall–Kier alpha value is -3.68. The largest absolute Gasteiger partial charge is 0.417 e. The molecule has 2 amide bonds. The first-order chi connectivity index (χ1) is 16.9. The van der Waals surface area contributed by atoms with Crippen molar-refractivity contribution in [3.8, 4) is 0 Å². The van der Waals surface area contributed by atoms with Crippen molar-refractivity contribution in [3.05, 3.63) is 53.6 Å². The summed E-state index contributed by atoms with van der Waals surface area (Å²) in [6.45, 7) is -3.11. The molecule has 9 nitrogen and oxygen atoms in total. The van der Waals surface area contributed by atoms with E-state index in [1.165, 1.54) is 17.2 Å². The Kier molecular flexibility index (Phi) is 12.4. The number of anilines is 1. The highest BCUT2D eigenvalue weighted by molar-refractivity contribution is 6.23. The zero-order chi connectivity index (χ0) is 27.3. The number of primary amides is 1. The highest BCUT2D eigenvalue weighted by Gasteiger charge is 2.31. The number of alkyl halides is 5. The van der Waals surface area contributed by atoms with E-state index in [0.717, 1.165) is 43.6 Å². The molecular weight excluding hydrogens is 493 g/mol. The van der Waals surface area contributed by atoms with E-state index in [2.05, 4.69) is 15.3 Å². The van der Waals surface area contributed by atoms with Crippen molar-refractivity contribution in [1.82, 2.24) is 14.9 Å². The van der Waals surface area contributed by atoms with E-state index in [0.29, 0.717) is 11.3 Å². The maximum atomic E-state index is 12.5. The van der Waals surface area contributed by atoms with Crippen LogP contribution in [0.3, 0.4) is 0 Å². The normalized spacial score (nSPS) is 13.1. The van der Waals surface area contributed by atoms with E-state index in [-0.39, 0.29) is 18.9 Å². The average molecular weight is 519 g/mol. The third-order valence-electron chi connectivity index (χ3n) is 4.95. The predicted octanol–water partition coefficient (Wildman–Crippen LogP) is 2.99. The molecule has 198 valence electrons. The minimum atomic E-state index is -4.44. The molecule has 2 aromatic rings. The second-order valence-electron chi connectivity index (χ2n) is 7.41. The predicted molar refractivity (Wildman–Crippen MR) is 119 cm³/mol. The third-order valence-corrected chi connectivity index (χ3v) is 4.95. The van der Waals surface area contributed by atoms with Crippen LogP contribution in [-0.4, -0.2) is 57.8 Å². The van der Waals surface area contributed by atoms with Crippen LogP contribution in [-0.2, 0) is 22.3 Å². The maximum Gasteiger partial charge on any atom is 0.417 e. The van der Waals surface area contributed by atoms with Crippen LogP contribution in [0.1, 0.15) is 47.3 Å². The number of aliphatic hydroxyl groups is 1. The molecule has 0 atom stereocenters. The molecule has 0 aromatic carbocycles. The van der Waals surface area contributed by atoms with E-state index in [1.54, 1.807) is 19.3 Å². The van der Waals surface area contributed by atoms with Crippen molar-refractivity contribution < 1.29 is 41.4 Å². The summed E-state index contributed by atoms with van der Waals surface area (Å²) in [5, 5.41) is 9.57. The lowest BCUT2D eigenvalue weighted by Gasteiger charge is -2.26. The van der Waals surface area contributed by atoms with Gasteiger partial charge >= 0.3 is 12.8 Å². The number of rotatable bonds is 6. The fraction of sp³-hybridized carbons (Fsp3) is 0.409. The van der Waals surface area contributed by atoms with Crippen LogP contribution in [0.15, 0.2) is 36.8 Å². The summed E-state index contributed by atoms with van der Waals surface area (Å²) in [4.78, 5) is 42.0. The zero-order valence-corrected chi connectivity index (χ0v) is 19.2. The first kappa shape index (κ1) is 30.4. The smallest absolute Gasteiger partial charge is 0.387 e. The van der Waals surface area contributed by atoms with Gasteiger partial charge in [0.25, 0.3) is 5.91 Å². The molecule has 14 heteroatoms. The number of halogens is 5. The Balaban J connectivity index is 0.000000360. The number of aldehydes is 1. The number of aromatic nitrogens is 2. The molecule has 1 fully saturated rings. The average Bonchev–Trinajstić information content (AvgIpc) is 3.36. The van der Waals surface area contributed by atoms with Gasteiger partial charge in [-0.25, -0.2) is 0 Å². The Morgan fingerprint density at radius 3 is 2.28 bits per heavy atom. The molecule has 1 aliphatic carbocycles. The highest BCUT2D eigenvalue weighted by atomic mass is 19.4. The molecule has 0 unspecified atom stereocenters. The van der Waals surface area contributed by atoms with E-state index in [1.807, 2.05) is 0 Å². The first-order valence-corrected chi connectivity index (χ1v) is 10.6. The fourth-order valence-electron chi connectivity index (χ4n) is 3.24. The summed E-state index contributed by atoms with van der Waals surface area (Å²) in [5.74, 6) is -1.11. The van der Waals surface area contributed by atoms with Gasteiger partial charge in [-0.05, 0) is 31.0 Å². The van der Waals surface area contributed by atoms with Gasteiger partial charge in [0, 0.05) is 31.7 Å². The third kappa shape index (κ3) is 10.7. The number of hydrogen-bond donors (Lipinski definition) is 3. The molecule has 1 aliphatic rings. The molecule has 4 N–H and O–H groups in total. The van der Waals surface area contributed by atoms with Crippen molar-refractivity contribution in [3.63, 3.8) is 0 Å². The number of aliphatic hydroxyl groups excluding tert-OH is 1. The lowest BCUT2D eigenvalue weighted by atomic mass is 10.2. The van der Waals surface area contributed by atoms with Gasteiger partial charge in [-0.2, -0.15) is 22.0 Å². The van der Waals surface area contributed by atoms with Crippen LogP contribution in [0, 0.1) is 0 Å². The van der Waals surface area contributed by atoms with Gasteiger partial charge in [-0.3, -0.25) is 24.4 Å². The quantitative estimate of drug-likeness (QED) is 0.303. The van der Waals surface area contributed by atoms with E-state index < -0.39 is 30.2 Å². The summed E-state index contributed by atoms with van der Waals surface area (Å²) in [5.41, 5.74) is 5.73. The first-order valence-electron chi connectivity index (χ1n) is 10.6. The molecule has 3 rings (SSSR count). The van der Waals surface area contributed by atoms with Gasteiger partial charge in [0.2, 0.25) is 12.2 Å². The van der Waals surface area contributed by atoms with Gasteiger partial charge in [0.15, 0.2) is 0 Å². The van der Waals surface area contributed by atoms with Gasteiger partial charge in [0.05, 0.1) is 29.1 Å². The molecular formula is C22H26F5N5O4. The van der Waals surface area contributed by atoms with Crippen LogP contribution in [0.4, 0.5) is 27.6 Å². The second kappa shape index (κ2) is 14.7. The van der Waals surface area contributed by atoms with Gasteiger partial charge in [-0.15, -0.1) is 0 Å². The molecule has 36 heavy (non-hydrogen) atoms. The van der Waals surface area contributed by atoms with E-state index >= 15 is 0 Å². The Morgan fingerprint density at radius 2 is 1.83 bits per heavy atom. The zero-order valence-electron chi connectivity index (χ0n) is 19.2. The number of pyridine rings is 2. The van der Waals surface area contributed by atoms with Crippen molar-refractivity contribution in [2.45, 2.75) is 51.1 Å². The summed E-state index contributed by atoms with van der Waals surface area (Å²) >= 11 is 0. The van der Waals surface area contributed by atoms with Crippen molar-refractivity contribution in [2.75, 3.05) is 12.4 Å². The molecule has 2 heterocycles. The van der Waals surface area contributed by atoms with Crippen LogP contribution in [0.25, 0.3) is 0 Å². The van der Waals surface area contributed by atoms with Crippen molar-refractivity contribution in [1.29, 1.82) is 0 Å². The van der Waals surface area contributed by atoms with Gasteiger partial charge < -0.3 is 21.1 Å². The maximum absolute atomic E-state index is 12.5. The topological polar surface area (TPSA) is 139 Å². The van der Waals surface area contributed by atoms with Gasteiger partial charge in [-0.1, -0.05) is 12.8 Å². The van der Waals surface area contributed by atoms with E-state index in [4.69, 9.17) is 10.8 Å². The molecule has 0 aliphatic heterocycles. The highest BCUT2D eigenvalue weighted by Crippen LogP contribution is 2.29. The molecule has 2 aromatic heterocycles. The lowest BCUT2D eigenvalue weighted by Crippen LogP contribution is -2.39. The van der Waals surface area contributed by atoms with Crippen molar-refractivity contribution >= 4 is 23.8 Å². The number of nitrogens with one attached hydrogen (secondary N) is 1. The molecule has 0 bridgehead atoms. The standard InChI is InChI=1S/C14H15F3N2O2.C7H9N3O.CH2F2O/c15-14(16,17)10-5-6-11(18-7-10)8-19(13(21)9-20)12-3-1-2-4-12;1-9-6-2-5(7(8)11)3-10-4-6;2-1(3)4/h5-7,9,12H,1-4,8H2;2-4,9H,1H3,(H2,8,11);1,4H. The SMILES string of the molecule is CNc1cncc(C(N)=O)c1.O=CC(=O)N(Cc1ccc(C(F)(F)F)cn1)C1CCCC1.OC(F)F. The number of amides is 2. The number of nitrogens with two attached hydrogens (primary N) is 1. The summed E-state index contributed by atoms with van der Waals surface area (Å²) in [6.07, 6.45) is 3.17. The van der Waals surface area contributed by atoms with Crippen LogP contribution >= 0.6 is 0 Å². The van der Waals surface area contributed by atoms with Gasteiger partial charge in [0.1, 0.15) is 0 Å². The minimum absolute atomic E-state index is 0.0354. The lowest BCUT2D eigenvalue weighted by molar-refractivity contribution is -0.141. The van der Waals surface area contributed by atoms with Crippen LogP contribution in [0.2, 0.25) is 0 Å². The summed E-state index contributed by atoms with van der Waals surface area (Å²) in [7, 11) is 1.75. The number of nitrogens with zero attached hydrogens (tertiary/aromatic N) is 3. The summed E-state index contributed by atoms with van der Waals surface area (Å²) < 4.78 is 57.2. The fourth-order valence-corrected chi connectivity index (χ4v) is 3.24. The van der Waals surface area contributed by atoms with E-state index in [9.17, 15) is 36.3 Å². The van der Waals surface area contributed by atoms with Crippen molar-refractivity contribution in [2.24, 2.45) is 5.73 Å². The molecule has 0 saturated heterocycles. The number of carbonyl (C=O) groups is 3. The number of hydrogen-bond acceptors (Lipinski definition) is 7. The minimum Gasteiger partial charge on any atom is -0.387 e. The monoisotopic (exact) mass is 519 g/mol. The summed E-state index contributed by atoms with van der Waals surface area (Å²) in [6, 6.07) is 3.78. The molecule has 0 radical (unpaired) electrons. The van der Waals surface area contributed by atoms with Crippen LogP contribution < -0.4 is 11.1 Å². The Bertz CT molecular complexity index is 981. The molecule has 1 saturated carbocycles. The Morgan fingerprint density at radius 1 is 1.22 bits per heavy atom. The molecule has 0 spiro atoms. The Labute approximate surface area is 203 Å². The second-order valence-corrected chi connectivity index (χ2v) is 7.41.